The van der Waals surface area contributed by atoms with Crippen LogP contribution in [0.25, 0.3) is 0 Å². The fourth-order valence-electron chi connectivity index (χ4n) is 6.79. The van der Waals surface area contributed by atoms with Crippen LogP contribution in [0.1, 0.15) is 58.4 Å². The van der Waals surface area contributed by atoms with E-state index in [0.29, 0.717) is 6.42 Å². The number of hydrogen-bond donors (Lipinski definition) is 0. The molecule has 0 unspecified atom stereocenters. The van der Waals surface area contributed by atoms with E-state index >= 15 is 0 Å². The minimum absolute atomic E-state index is 0.0724. The van der Waals surface area contributed by atoms with Crippen LogP contribution in [0, 0.1) is 40.9 Å². The Kier molecular flexibility index (Phi) is 5.88. The fourth-order valence-corrected chi connectivity index (χ4v) is 8.00. The first-order valence-corrected chi connectivity index (χ1v) is 13.1. The Hall–Kier alpha value is -2.01. The molecule has 0 radical (unpaired) electrons. The molecule has 1 aromatic rings. The second kappa shape index (κ2) is 8.04. The molecular weight excluding hydrogens is 438 g/mol. The van der Waals surface area contributed by atoms with E-state index in [2.05, 4.69) is 26.5 Å². The Morgan fingerprint density at radius 3 is 2.58 bits per heavy atom. The number of carbonyl (C=O) groups is 1. The third-order valence-corrected chi connectivity index (χ3v) is 10.3. The van der Waals surface area contributed by atoms with E-state index in [1.165, 1.54) is 18.2 Å². The molecule has 2 saturated carbocycles. The molecule has 7 heteroatoms. The largest absolute Gasteiger partial charge is 0.358 e. The highest BCUT2D eigenvalue weighted by atomic mass is 32.2. The van der Waals surface area contributed by atoms with Gasteiger partial charge in [0.2, 0.25) is 0 Å². The lowest BCUT2D eigenvalue weighted by Gasteiger charge is -2.53. The van der Waals surface area contributed by atoms with Crippen LogP contribution in [0.4, 0.5) is 0 Å². The number of hydrogen-bond acceptors (Lipinski definition) is 6. The van der Waals surface area contributed by atoms with Crippen LogP contribution in [-0.2, 0) is 23.8 Å². The van der Waals surface area contributed by atoms with E-state index in [9.17, 15) is 18.5 Å². The van der Waals surface area contributed by atoms with Crippen LogP contribution in [0.15, 0.2) is 41.8 Å². The monoisotopic (exact) mass is 471 g/mol. The van der Waals surface area contributed by atoms with E-state index < -0.39 is 38.8 Å². The molecule has 178 valence electrons. The van der Waals surface area contributed by atoms with Crippen molar-refractivity contribution in [2.75, 3.05) is 0 Å². The smallest absolute Gasteiger partial charge is 0.297 e. The first-order chi connectivity index (χ1) is 15.4. The van der Waals surface area contributed by atoms with Crippen molar-refractivity contribution in [3.05, 3.63) is 42.5 Å². The maximum absolute atomic E-state index is 13.4. The van der Waals surface area contributed by atoms with Gasteiger partial charge in [-0.2, -0.15) is 13.7 Å². The van der Waals surface area contributed by atoms with Gasteiger partial charge in [-0.05, 0) is 57.1 Å². The molecule has 1 spiro atoms. The molecule has 3 aliphatic rings. The number of rotatable bonds is 6. The van der Waals surface area contributed by atoms with Gasteiger partial charge in [-0.1, -0.05) is 37.6 Å². The van der Waals surface area contributed by atoms with E-state index in [4.69, 9.17) is 8.92 Å². The van der Waals surface area contributed by atoms with E-state index in [1.807, 2.05) is 6.92 Å². The van der Waals surface area contributed by atoms with Crippen LogP contribution >= 0.6 is 0 Å². The highest BCUT2D eigenvalue weighted by molar-refractivity contribution is 7.86. The minimum Gasteiger partial charge on any atom is -0.358 e. The predicted molar refractivity (Wildman–Crippen MR) is 124 cm³/mol. The van der Waals surface area contributed by atoms with Crippen molar-refractivity contribution in [2.45, 2.75) is 82.5 Å². The highest BCUT2D eigenvalue weighted by Gasteiger charge is 2.75. The summed E-state index contributed by atoms with van der Waals surface area (Å²) in [4.78, 5) is 13.4. The van der Waals surface area contributed by atoms with Crippen molar-refractivity contribution < 1.29 is 22.1 Å². The SMILES string of the molecule is C=C[C@](C)(C[C@H]1O[C@@H](C#N)[C@@]23C(=O)CC[C@@H]2CC[C@@H](C)[C@@]13C)OS(=O)(=O)c1ccc(C)cc1. The summed E-state index contributed by atoms with van der Waals surface area (Å²) < 4.78 is 38.2. The van der Waals surface area contributed by atoms with Crippen molar-refractivity contribution in [1.29, 1.82) is 5.26 Å². The summed E-state index contributed by atoms with van der Waals surface area (Å²) >= 11 is 0. The normalized spacial score (nSPS) is 37.6. The van der Waals surface area contributed by atoms with Crippen LogP contribution in [0.3, 0.4) is 0 Å². The Morgan fingerprint density at radius 2 is 1.97 bits per heavy atom. The van der Waals surface area contributed by atoms with Gasteiger partial charge in [-0.15, -0.1) is 6.58 Å². The zero-order valence-corrected chi connectivity index (χ0v) is 20.7. The second-order valence-electron chi connectivity index (χ2n) is 10.5. The molecule has 0 aromatic heterocycles. The molecule has 0 amide bonds. The predicted octanol–water partition coefficient (Wildman–Crippen LogP) is 4.73. The molecule has 7 atom stereocenters. The molecule has 33 heavy (non-hydrogen) atoms. The second-order valence-corrected chi connectivity index (χ2v) is 12.0. The average molecular weight is 472 g/mol. The lowest BCUT2D eigenvalue weighted by atomic mass is 9.46. The summed E-state index contributed by atoms with van der Waals surface area (Å²) in [5.74, 6) is 0.374. The number of ether oxygens (including phenoxy) is 1. The van der Waals surface area contributed by atoms with Crippen LogP contribution < -0.4 is 0 Å². The van der Waals surface area contributed by atoms with Crippen molar-refractivity contribution >= 4 is 15.9 Å². The number of nitrogens with zero attached hydrogens (tertiary/aromatic N) is 1. The standard InChI is InChI=1S/C26H33NO5S/c1-6-24(4,32-33(29,30)20-12-7-17(2)8-13-20)15-22-25(5)18(3)9-10-19-11-14-21(28)26(19,25)23(16-27)31-22/h6-8,12-13,18-19,22-23H,1,9-11,14-15H2,2-5H3/t18-,19+,22-,23+,24-,25+,26+/m1/s1. The van der Waals surface area contributed by atoms with E-state index in [0.717, 1.165) is 24.8 Å². The first kappa shape index (κ1) is 24.1. The molecule has 1 aliphatic heterocycles. The van der Waals surface area contributed by atoms with Gasteiger partial charge in [-0.25, -0.2) is 0 Å². The summed E-state index contributed by atoms with van der Waals surface area (Å²) in [6.07, 6.45) is 3.43. The lowest BCUT2D eigenvalue weighted by Crippen LogP contribution is -2.58. The van der Waals surface area contributed by atoms with Gasteiger partial charge in [0.15, 0.2) is 6.10 Å². The molecular formula is C26H33NO5S. The average Bonchev–Trinajstić information content (AvgIpc) is 3.24. The lowest BCUT2D eigenvalue weighted by molar-refractivity contribution is -0.143. The summed E-state index contributed by atoms with van der Waals surface area (Å²) in [7, 11) is -4.06. The van der Waals surface area contributed by atoms with Gasteiger partial charge in [-0.3, -0.25) is 8.98 Å². The minimum atomic E-state index is -4.06. The molecule has 2 aliphatic carbocycles. The summed E-state index contributed by atoms with van der Waals surface area (Å²) in [5, 5.41) is 10.0. The number of ketones is 1. The third kappa shape index (κ3) is 3.41. The number of nitriles is 1. The molecule has 1 saturated heterocycles. The van der Waals surface area contributed by atoms with Crippen molar-refractivity contribution in [2.24, 2.45) is 22.7 Å². The zero-order chi connectivity index (χ0) is 24.2. The van der Waals surface area contributed by atoms with Gasteiger partial charge in [0, 0.05) is 18.3 Å². The Morgan fingerprint density at radius 1 is 1.30 bits per heavy atom. The van der Waals surface area contributed by atoms with Gasteiger partial charge in [0.05, 0.1) is 22.5 Å². The molecule has 6 nitrogen and oxygen atoms in total. The van der Waals surface area contributed by atoms with Crippen molar-refractivity contribution in [3.63, 3.8) is 0 Å². The molecule has 0 N–H and O–H groups in total. The number of benzene rings is 1. The van der Waals surface area contributed by atoms with E-state index in [1.54, 1.807) is 19.1 Å². The third-order valence-electron chi connectivity index (χ3n) is 8.82. The van der Waals surface area contributed by atoms with Crippen molar-refractivity contribution in [1.82, 2.24) is 0 Å². The number of carbonyl (C=O) groups excluding carboxylic acids is 1. The van der Waals surface area contributed by atoms with Crippen molar-refractivity contribution in [3.8, 4) is 6.07 Å². The highest BCUT2D eigenvalue weighted by Crippen LogP contribution is 2.69. The maximum Gasteiger partial charge on any atom is 0.297 e. The number of Topliss-reactive ketones (excluding diaryl/α,β-unsaturated/α-hetero) is 1. The quantitative estimate of drug-likeness (QED) is 0.440. The fraction of sp³-hybridized carbons (Fsp3) is 0.615. The van der Waals surface area contributed by atoms with Crippen LogP contribution in [-0.4, -0.2) is 32.0 Å². The van der Waals surface area contributed by atoms with Gasteiger partial charge >= 0.3 is 0 Å². The zero-order valence-electron chi connectivity index (χ0n) is 19.8. The Labute approximate surface area is 197 Å². The molecule has 1 aromatic carbocycles. The van der Waals surface area contributed by atoms with Gasteiger partial charge in [0.1, 0.15) is 11.4 Å². The van der Waals surface area contributed by atoms with Crippen LogP contribution in [0.2, 0.25) is 0 Å². The Balaban J connectivity index is 1.70. The maximum atomic E-state index is 13.4. The topological polar surface area (TPSA) is 93.5 Å². The number of aryl methyl sites for hydroxylation is 1. The molecule has 1 heterocycles. The summed E-state index contributed by atoms with van der Waals surface area (Å²) in [5.41, 5.74) is -1.76. The molecule has 3 fully saturated rings. The molecule has 0 bridgehead atoms. The van der Waals surface area contributed by atoms with Gasteiger partial charge in [0.25, 0.3) is 10.1 Å². The first-order valence-electron chi connectivity index (χ1n) is 11.7. The molecule has 4 rings (SSSR count). The Bertz CT molecular complexity index is 1110. The summed E-state index contributed by atoms with van der Waals surface area (Å²) in [6.45, 7) is 11.6. The van der Waals surface area contributed by atoms with Gasteiger partial charge < -0.3 is 4.74 Å². The van der Waals surface area contributed by atoms with Crippen LogP contribution in [0.5, 0.6) is 0 Å². The van der Waals surface area contributed by atoms with E-state index in [-0.39, 0.29) is 28.9 Å². The summed E-state index contributed by atoms with van der Waals surface area (Å²) in [6, 6.07) is 8.77.